The summed E-state index contributed by atoms with van der Waals surface area (Å²) in [5.41, 5.74) is 3.34. The Kier molecular flexibility index (Phi) is 4.97. The molecule has 0 radical (unpaired) electrons. The maximum absolute atomic E-state index is 12.4. The van der Waals surface area contributed by atoms with E-state index in [-0.39, 0.29) is 17.2 Å². The van der Waals surface area contributed by atoms with Gasteiger partial charge in [0.1, 0.15) is 0 Å². The van der Waals surface area contributed by atoms with Crippen LogP contribution in [0.3, 0.4) is 0 Å². The Bertz CT molecular complexity index is 810. The number of carbonyl (C=O) groups excluding carboxylic acids is 2. The summed E-state index contributed by atoms with van der Waals surface area (Å²) in [5.74, 6) is 0.245. The lowest BCUT2D eigenvalue weighted by atomic mass is 9.64. The van der Waals surface area contributed by atoms with Crippen molar-refractivity contribution in [1.29, 1.82) is 0 Å². The molecule has 4 nitrogen and oxygen atoms in total. The van der Waals surface area contributed by atoms with E-state index in [0.29, 0.717) is 19.4 Å². The number of carbonyl (C=O) groups is 2. The first-order valence-electron chi connectivity index (χ1n) is 9.88. The van der Waals surface area contributed by atoms with Gasteiger partial charge in [0.15, 0.2) is 0 Å². The van der Waals surface area contributed by atoms with Gasteiger partial charge < -0.3 is 10.2 Å². The van der Waals surface area contributed by atoms with Crippen LogP contribution in [0.25, 0.3) is 0 Å². The van der Waals surface area contributed by atoms with Crippen LogP contribution in [0.5, 0.6) is 0 Å². The fourth-order valence-electron chi connectivity index (χ4n) is 4.19. The molecule has 0 atom stereocenters. The van der Waals surface area contributed by atoms with Crippen molar-refractivity contribution in [2.75, 3.05) is 18.0 Å². The fraction of sp³-hybridized carbons (Fsp3) is 0.391. The molecule has 0 spiro atoms. The number of nitrogens with one attached hydrogen (secondary N) is 1. The smallest absolute Gasteiger partial charge is 0.227 e. The van der Waals surface area contributed by atoms with Crippen molar-refractivity contribution in [3.05, 3.63) is 65.7 Å². The van der Waals surface area contributed by atoms with Gasteiger partial charge in [-0.15, -0.1) is 0 Å². The van der Waals surface area contributed by atoms with Crippen LogP contribution in [0.1, 0.15) is 43.2 Å². The summed E-state index contributed by atoms with van der Waals surface area (Å²) in [7, 11) is 0. The minimum Gasteiger partial charge on any atom is -0.355 e. The number of hydrogen-bond acceptors (Lipinski definition) is 2. The molecule has 27 heavy (non-hydrogen) atoms. The van der Waals surface area contributed by atoms with Crippen molar-refractivity contribution in [3.8, 4) is 0 Å². The molecule has 1 aliphatic heterocycles. The first-order chi connectivity index (χ1) is 13.2. The normalized spacial score (nSPS) is 18.2. The molecule has 1 heterocycles. The van der Waals surface area contributed by atoms with Crippen molar-refractivity contribution in [2.45, 2.75) is 43.9 Å². The van der Waals surface area contributed by atoms with Gasteiger partial charge in [0.25, 0.3) is 0 Å². The molecule has 4 rings (SSSR count). The minimum absolute atomic E-state index is 0.0576. The van der Waals surface area contributed by atoms with Crippen LogP contribution in [-0.2, 0) is 21.4 Å². The molecule has 0 aromatic heterocycles. The molecule has 140 valence electrons. The van der Waals surface area contributed by atoms with Crippen molar-refractivity contribution in [3.63, 3.8) is 0 Å². The third kappa shape index (κ3) is 3.75. The second-order valence-corrected chi connectivity index (χ2v) is 7.77. The lowest BCUT2D eigenvalue weighted by Crippen LogP contribution is -2.45. The minimum atomic E-state index is 0.0576. The molecule has 4 heteroatoms. The zero-order chi connectivity index (χ0) is 18.7. The summed E-state index contributed by atoms with van der Waals surface area (Å²) >= 11 is 0. The van der Waals surface area contributed by atoms with E-state index in [0.717, 1.165) is 37.1 Å². The standard InChI is InChI=1S/C23H26N2O2/c26-21(24-17-23(13-5-14-23)19-6-2-1-3-7-19)16-18-9-11-20(12-10-18)25-15-4-8-22(25)27/h1-3,6-7,9-12H,4-5,8,13-17H2,(H,24,26). The Hall–Kier alpha value is -2.62. The van der Waals surface area contributed by atoms with Gasteiger partial charge in [-0.2, -0.15) is 0 Å². The Morgan fingerprint density at radius 1 is 1.00 bits per heavy atom. The van der Waals surface area contributed by atoms with E-state index in [2.05, 4.69) is 29.6 Å². The Morgan fingerprint density at radius 2 is 1.74 bits per heavy atom. The highest BCUT2D eigenvalue weighted by Gasteiger charge is 2.38. The van der Waals surface area contributed by atoms with E-state index in [4.69, 9.17) is 0 Å². The van der Waals surface area contributed by atoms with Crippen LogP contribution < -0.4 is 10.2 Å². The van der Waals surface area contributed by atoms with E-state index < -0.39 is 0 Å². The lowest BCUT2D eigenvalue weighted by molar-refractivity contribution is -0.121. The van der Waals surface area contributed by atoms with Crippen molar-refractivity contribution in [2.24, 2.45) is 0 Å². The summed E-state index contributed by atoms with van der Waals surface area (Å²) in [5, 5.41) is 3.15. The van der Waals surface area contributed by atoms with Crippen molar-refractivity contribution < 1.29 is 9.59 Å². The SMILES string of the molecule is O=C(Cc1ccc(N2CCCC2=O)cc1)NCC1(c2ccccc2)CCC1. The largest absolute Gasteiger partial charge is 0.355 e. The van der Waals surface area contributed by atoms with Crippen LogP contribution in [0.15, 0.2) is 54.6 Å². The lowest BCUT2D eigenvalue weighted by Gasteiger charge is -2.42. The highest BCUT2D eigenvalue weighted by Crippen LogP contribution is 2.43. The van der Waals surface area contributed by atoms with E-state index in [9.17, 15) is 9.59 Å². The van der Waals surface area contributed by atoms with Crippen LogP contribution in [-0.4, -0.2) is 24.9 Å². The molecule has 1 saturated heterocycles. The van der Waals surface area contributed by atoms with E-state index in [1.54, 1.807) is 0 Å². The number of amides is 2. The molecular formula is C23H26N2O2. The summed E-state index contributed by atoms with van der Waals surface area (Å²) in [6.45, 7) is 1.50. The molecule has 2 aliphatic rings. The van der Waals surface area contributed by atoms with E-state index in [1.807, 2.05) is 35.2 Å². The van der Waals surface area contributed by atoms with Gasteiger partial charge in [-0.3, -0.25) is 9.59 Å². The number of rotatable bonds is 6. The second kappa shape index (κ2) is 7.55. The highest BCUT2D eigenvalue weighted by atomic mass is 16.2. The monoisotopic (exact) mass is 362 g/mol. The third-order valence-electron chi connectivity index (χ3n) is 6.01. The van der Waals surface area contributed by atoms with E-state index in [1.165, 1.54) is 12.0 Å². The Morgan fingerprint density at radius 3 is 2.33 bits per heavy atom. The first-order valence-corrected chi connectivity index (χ1v) is 9.88. The van der Waals surface area contributed by atoms with Crippen molar-refractivity contribution >= 4 is 17.5 Å². The highest BCUT2D eigenvalue weighted by molar-refractivity contribution is 5.95. The second-order valence-electron chi connectivity index (χ2n) is 7.77. The van der Waals surface area contributed by atoms with Crippen LogP contribution in [0, 0.1) is 0 Å². The number of benzene rings is 2. The predicted molar refractivity (Wildman–Crippen MR) is 107 cm³/mol. The molecule has 2 aromatic carbocycles. The average molecular weight is 362 g/mol. The number of hydrogen-bond donors (Lipinski definition) is 1. The van der Waals surface area contributed by atoms with Crippen LogP contribution >= 0.6 is 0 Å². The zero-order valence-corrected chi connectivity index (χ0v) is 15.6. The van der Waals surface area contributed by atoms with Gasteiger partial charge in [-0.1, -0.05) is 48.9 Å². The average Bonchev–Trinajstić information content (AvgIpc) is 3.08. The molecule has 2 aromatic rings. The summed E-state index contributed by atoms with van der Waals surface area (Å²) in [6.07, 6.45) is 5.42. The Balaban J connectivity index is 1.33. The van der Waals surface area contributed by atoms with Gasteiger partial charge in [0.05, 0.1) is 6.42 Å². The summed E-state index contributed by atoms with van der Waals surface area (Å²) < 4.78 is 0. The van der Waals surface area contributed by atoms with E-state index >= 15 is 0 Å². The van der Waals surface area contributed by atoms with Gasteiger partial charge in [-0.25, -0.2) is 0 Å². The first kappa shape index (κ1) is 17.8. The quantitative estimate of drug-likeness (QED) is 0.854. The topological polar surface area (TPSA) is 49.4 Å². The molecule has 2 amide bonds. The maximum Gasteiger partial charge on any atom is 0.227 e. The molecule has 1 aliphatic carbocycles. The molecule has 0 bridgehead atoms. The van der Waals surface area contributed by atoms with Gasteiger partial charge in [0.2, 0.25) is 11.8 Å². The molecular weight excluding hydrogens is 336 g/mol. The Labute approximate surface area is 160 Å². The van der Waals surface area contributed by atoms with Gasteiger partial charge in [0, 0.05) is 30.6 Å². The summed E-state index contributed by atoms with van der Waals surface area (Å²) in [6, 6.07) is 18.3. The van der Waals surface area contributed by atoms with Crippen LogP contribution in [0.4, 0.5) is 5.69 Å². The van der Waals surface area contributed by atoms with Crippen LogP contribution in [0.2, 0.25) is 0 Å². The molecule has 0 unspecified atom stereocenters. The fourth-order valence-corrected chi connectivity index (χ4v) is 4.19. The third-order valence-corrected chi connectivity index (χ3v) is 6.01. The number of anilines is 1. The van der Waals surface area contributed by atoms with Gasteiger partial charge in [-0.05, 0) is 42.5 Å². The predicted octanol–water partition coefficient (Wildman–Crippen LogP) is 3.59. The zero-order valence-electron chi connectivity index (χ0n) is 15.6. The molecule has 2 fully saturated rings. The molecule has 1 N–H and O–H groups in total. The number of nitrogens with zero attached hydrogens (tertiary/aromatic N) is 1. The van der Waals surface area contributed by atoms with Gasteiger partial charge >= 0.3 is 0 Å². The maximum atomic E-state index is 12.4. The summed E-state index contributed by atoms with van der Waals surface area (Å²) in [4.78, 5) is 26.1. The van der Waals surface area contributed by atoms with Crippen molar-refractivity contribution in [1.82, 2.24) is 5.32 Å². The molecule has 1 saturated carbocycles.